The van der Waals surface area contributed by atoms with Gasteiger partial charge in [0, 0.05) is 39.8 Å². The normalized spacial score (nSPS) is 11.9. The smallest absolute Gasteiger partial charge is 0.255 e. The molecule has 36 heavy (non-hydrogen) atoms. The van der Waals surface area contributed by atoms with Gasteiger partial charge in [-0.15, -0.1) is 11.3 Å². The van der Waals surface area contributed by atoms with Gasteiger partial charge in [0.05, 0.1) is 10.6 Å². The molecular formula is C30H33N3O2S. The predicted octanol–water partition coefficient (Wildman–Crippen LogP) is 7.71. The van der Waals surface area contributed by atoms with Crippen LogP contribution in [0.15, 0.2) is 66.2 Å². The highest BCUT2D eigenvalue weighted by Crippen LogP contribution is 2.40. The molecular weight excluding hydrogens is 466 g/mol. The van der Waals surface area contributed by atoms with Crippen LogP contribution in [-0.4, -0.2) is 21.7 Å². The van der Waals surface area contributed by atoms with Gasteiger partial charge in [0.25, 0.3) is 5.91 Å². The third-order valence-electron chi connectivity index (χ3n) is 6.18. The molecule has 0 aliphatic heterocycles. The van der Waals surface area contributed by atoms with E-state index in [9.17, 15) is 9.90 Å². The maximum atomic E-state index is 13.2. The molecule has 2 aromatic heterocycles. The summed E-state index contributed by atoms with van der Waals surface area (Å²) in [7, 11) is 0. The second kappa shape index (κ2) is 9.43. The summed E-state index contributed by atoms with van der Waals surface area (Å²) in [6.07, 6.45) is 1.84. The van der Waals surface area contributed by atoms with E-state index in [-0.39, 0.29) is 22.5 Å². The van der Waals surface area contributed by atoms with Gasteiger partial charge in [0.1, 0.15) is 5.75 Å². The topological polar surface area (TPSA) is 89.0 Å². The van der Waals surface area contributed by atoms with E-state index < -0.39 is 0 Å². The summed E-state index contributed by atoms with van der Waals surface area (Å²) in [4.78, 5) is 17.4. The van der Waals surface area contributed by atoms with Crippen LogP contribution in [0.2, 0.25) is 0 Å². The summed E-state index contributed by atoms with van der Waals surface area (Å²) in [5.74, 6) is 0.0404. The van der Waals surface area contributed by atoms with E-state index in [0.717, 1.165) is 32.8 Å². The molecule has 0 saturated heterocycles. The van der Waals surface area contributed by atoms with Crippen LogP contribution in [0.25, 0.3) is 11.3 Å². The molecule has 0 fully saturated rings. The zero-order chi connectivity index (χ0) is 26.3. The minimum atomic E-state index is -0.309. The maximum absolute atomic E-state index is 13.2. The summed E-state index contributed by atoms with van der Waals surface area (Å²) in [5.41, 5.74) is 5.30. The number of nitrogens with one attached hydrogen (secondary N) is 3. The van der Waals surface area contributed by atoms with Crippen molar-refractivity contribution in [2.45, 2.75) is 52.4 Å². The minimum Gasteiger partial charge on any atom is -0.507 e. The molecule has 186 valence electrons. The number of amides is 1. The molecule has 0 aliphatic carbocycles. The Morgan fingerprint density at radius 1 is 0.917 bits per heavy atom. The van der Waals surface area contributed by atoms with E-state index >= 15 is 0 Å². The SMILES string of the molecule is CC(C)(C)c1cc(C(=O)Nc2ccc(-c3cc(C(=N)c4cccs4)c[nH]3)cc2)cc(C(C)(C)C)c1O. The molecule has 4 N–H and O–H groups in total. The number of carbonyl (C=O) groups is 1. The van der Waals surface area contributed by atoms with Gasteiger partial charge in [-0.1, -0.05) is 59.7 Å². The lowest BCUT2D eigenvalue weighted by atomic mass is 9.78. The van der Waals surface area contributed by atoms with Crippen LogP contribution in [0.3, 0.4) is 0 Å². The molecule has 6 heteroatoms. The van der Waals surface area contributed by atoms with E-state index in [1.807, 2.05) is 95.6 Å². The van der Waals surface area contributed by atoms with Crippen molar-refractivity contribution in [1.82, 2.24) is 4.98 Å². The van der Waals surface area contributed by atoms with E-state index in [0.29, 0.717) is 17.0 Å². The first-order chi connectivity index (χ1) is 16.8. The predicted molar refractivity (Wildman–Crippen MR) is 150 cm³/mol. The first-order valence-electron chi connectivity index (χ1n) is 12.0. The molecule has 4 aromatic rings. The van der Waals surface area contributed by atoms with Gasteiger partial charge < -0.3 is 15.4 Å². The van der Waals surface area contributed by atoms with Gasteiger partial charge in [0.15, 0.2) is 0 Å². The second-order valence-electron chi connectivity index (χ2n) is 11.1. The van der Waals surface area contributed by atoms with Crippen LogP contribution in [0.5, 0.6) is 5.75 Å². The van der Waals surface area contributed by atoms with E-state index in [1.54, 1.807) is 23.5 Å². The number of aromatic amines is 1. The number of carbonyl (C=O) groups excluding carboxylic acids is 1. The van der Waals surface area contributed by atoms with Crippen LogP contribution >= 0.6 is 11.3 Å². The third-order valence-corrected chi connectivity index (χ3v) is 7.07. The standard InChI is InChI=1S/C30H33N3O2S/c1-29(2,3)22-14-19(15-23(27(22)34)30(4,5)6)28(35)33-21-11-9-18(10-12-21)24-16-20(17-32-24)26(31)25-8-7-13-36-25/h7-17,31-32,34H,1-6H3,(H,33,35). The van der Waals surface area contributed by atoms with Crippen molar-refractivity contribution >= 4 is 28.6 Å². The Labute approximate surface area is 216 Å². The highest BCUT2D eigenvalue weighted by atomic mass is 32.1. The summed E-state index contributed by atoms with van der Waals surface area (Å²) in [6.45, 7) is 12.2. The zero-order valence-electron chi connectivity index (χ0n) is 21.6. The molecule has 5 nitrogen and oxygen atoms in total. The number of hydrogen-bond acceptors (Lipinski definition) is 4. The van der Waals surface area contributed by atoms with E-state index in [4.69, 9.17) is 5.41 Å². The van der Waals surface area contributed by atoms with Gasteiger partial charge in [-0.25, -0.2) is 0 Å². The number of H-pyrrole nitrogens is 1. The molecule has 0 saturated carbocycles. The van der Waals surface area contributed by atoms with Crippen LogP contribution in [0.1, 0.15) is 73.5 Å². The van der Waals surface area contributed by atoms with Gasteiger partial charge in [-0.05, 0) is 58.2 Å². The number of aromatic nitrogens is 1. The largest absolute Gasteiger partial charge is 0.507 e. The van der Waals surface area contributed by atoms with Gasteiger partial charge in [-0.2, -0.15) is 0 Å². The summed E-state index contributed by atoms with van der Waals surface area (Å²) >= 11 is 1.55. The second-order valence-corrected chi connectivity index (χ2v) is 12.1. The van der Waals surface area contributed by atoms with Crippen molar-refractivity contribution in [3.8, 4) is 17.0 Å². The lowest BCUT2D eigenvalue weighted by Crippen LogP contribution is -2.20. The van der Waals surface area contributed by atoms with Gasteiger partial charge in [-0.3, -0.25) is 10.2 Å². The molecule has 0 atom stereocenters. The number of phenolic OH excluding ortho intramolecular Hbond substituents is 1. The van der Waals surface area contributed by atoms with Gasteiger partial charge >= 0.3 is 0 Å². The number of phenols is 1. The monoisotopic (exact) mass is 499 g/mol. The first-order valence-corrected chi connectivity index (χ1v) is 12.8. The quantitative estimate of drug-likeness (QED) is 0.212. The van der Waals surface area contributed by atoms with Crippen LogP contribution in [-0.2, 0) is 10.8 Å². The number of aromatic hydroxyl groups is 1. The Balaban J connectivity index is 1.55. The number of benzene rings is 2. The molecule has 0 bridgehead atoms. The van der Waals surface area contributed by atoms with Crippen molar-refractivity contribution < 1.29 is 9.90 Å². The number of rotatable bonds is 5. The summed E-state index contributed by atoms with van der Waals surface area (Å²) in [6, 6.07) is 17.1. The van der Waals surface area contributed by atoms with Crippen molar-refractivity contribution in [1.29, 1.82) is 5.41 Å². The Morgan fingerprint density at radius 2 is 1.53 bits per heavy atom. The molecule has 0 aliphatic rings. The lowest BCUT2D eigenvalue weighted by molar-refractivity contribution is 0.102. The Bertz CT molecular complexity index is 1360. The number of thiophene rings is 1. The molecule has 0 spiro atoms. The first kappa shape index (κ1) is 25.5. The van der Waals surface area contributed by atoms with Crippen LogP contribution in [0, 0.1) is 5.41 Å². The number of anilines is 1. The zero-order valence-corrected chi connectivity index (χ0v) is 22.4. The Hall–Kier alpha value is -3.64. The van der Waals surface area contributed by atoms with Crippen molar-refractivity contribution in [2.75, 3.05) is 5.32 Å². The molecule has 0 radical (unpaired) electrons. The fourth-order valence-corrected chi connectivity index (χ4v) is 4.81. The molecule has 2 heterocycles. The highest BCUT2D eigenvalue weighted by molar-refractivity contribution is 7.12. The average Bonchev–Trinajstić information content (AvgIpc) is 3.50. The van der Waals surface area contributed by atoms with Gasteiger partial charge in [0.2, 0.25) is 0 Å². The highest BCUT2D eigenvalue weighted by Gasteiger charge is 2.27. The van der Waals surface area contributed by atoms with Crippen LogP contribution < -0.4 is 5.32 Å². The lowest BCUT2D eigenvalue weighted by Gasteiger charge is -2.28. The van der Waals surface area contributed by atoms with Crippen LogP contribution in [0.4, 0.5) is 5.69 Å². The fraction of sp³-hybridized carbons (Fsp3) is 0.267. The Kier molecular flexibility index (Phi) is 6.67. The summed E-state index contributed by atoms with van der Waals surface area (Å²) in [5, 5.41) is 24.3. The third kappa shape index (κ3) is 5.29. The average molecular weight is 500 g/mol. The van der Waals surface area contributed by atoms with E-state index in [2.05, 4.69) is 10.3 Å². The minimum absolute atomic E-state index is 0.217. The number of hydrogen-bond donors (Lipinski definition) is 4. The van der Waals surface area contributed by atoms with Crippen molar-refractivity contribution in [3.05, 3.63) is 93.3 Å². The summed E-state index contributed by atoms with van der Waals surface area (Å²) < 4.78 is 0. The van der Waals surface area contributed by atoms with E-state index in [1.165, 1.54) is 0 Å². The molecule has 2 aromatic carbocycles. The van der Waals surface area contributed by atoms with Crippen molar-refractivity contribution in [3.63, 3.8) is 0 Å². The molecule has 4 rings (SSSR count). The maximum Gasteiger partial charge on any atom is 0.255 e. The Morgan fingerprint density at radius 3 is 2.06 bits per heavy atom. The molecule has 0 unspecified atom stereocenters. The van der Waals surface area contributed by atoms with Crippen molar-refractivity contribution in [2.24, 2.45) is 0 Å². The fourth-order valence-electron chi connectivity index (χ4n) is 4.11. The molecule has 1 amide bonds.